The lowest BCUT2D eigenvalue weighted by molar-refractivity contribution is -0.120. The second-order valence-corrected chi connectivity index (χ2v) is 7.09. The molecule has 28 heavy (non-hydrogen) atoms. The van der Waals surface area contributed by atoms with Gasteiger partial charge in [0, 0.05) is 29.8 Å². The zero-order valence-corrected chi connectivity index (χ0v) is 15.6. The van der Waals surface area contributed by atoms with Crippen LogP contribution in [0.2, 0.25) is 0 Å². The molecule has 142 valence electrons. The van der Waals surface area contributed by atoms with E-state index in [1.807, 2.05) is 29.7 Å². The molecule has 1 aliphatic rings. The largest absolute Gasteiger partial charge is 0.366 e. The first-order valence-electron chi connectivity index (χ1n) is 9.21. The van der Waals surface area contributed by atoms with E-state index in [9.17, 15) is 9.59 Å². The Labute approximate surface area is 162 Å². The molecule has 4 rings (SSSR count). The molecule has 0 spiro atoms. The second kappa shape index (κ2) is 7.26. The molecule has 2 aromatic carbocycles. The van der Waals surface area contributed by atoms with Gasteiger partial charge in [-0.05, 0) is 37.6 Å². The van der Waals surface area contributed by atoms with E-state index in [1.165, 1.54) is 0 Å². The van der Waals surface area contributed by atoms with Gasteiger partial charge in [-0.3, -0.25) is 9.59 Å². The maximum atomic E-state index is 12.8. The molecule has 2 amide bonds. The predicted molar refractivity (Wildman–Crippen MR) is 106 cm³/mol. The maximum absolute atomic E-state index is 12.8. The van der Waals surface area contributed by atoms with Crippen molar-refractivity contribution < 1.29 is 9.59 Å². The Bertz CT molecular complexity index is 1060. The predicted octanol–water partition coefficient (Wildman–Crippen LogP) is 2.55. The third kappa shape index (κ3) is 3.51. The molecule has 7 nitrogen and oxygen atoms in total. The number of aryl methyl sites for hydroxylation is 2. The van der Waals surface area contributed by atoms with Crippen LogP contribution in [0.3, 0.4) is 0 Å². The van der Waals surface area contributed by atoms with E-state index >= 15 is 0 Å². The summed E-state index contributed by atoms with van der Waals surface area (Å²) in [6.07, 6.45) is 1.39. The number of nitrogens with one attached hydrogen (secondary N) is 1. The van der Waals surface area contributed by atoms with Crippen molar-refractivity contribution in [3.05, 3.63) is 65.5 Å². The molecule has 0 bridgehead atoms. The number of rotatable bonds is 4. The Balaban J connectivity index is 1.54. The van der Waals surface area contributed by atoms with E-state index in [-0.39, 0.29) is 11.8 Å². The Morgan fingerprint density at radius 1 is 1.14 bits per heavy atom. The Kier molecular flexibility index (Phi) is 4.65. The van der Waals surface area contributed by atoms with Crippen LogP contribution in [0.1, 0.15) is 28.2 Å². The van der Waals surface area contributed by atoms with Crippen LogP contribution in [-0.2, 0) is 17.8 Å². The second-order valence-electron chi connectivity index (χ2n) is 7.09. The number of carbonyl (C=O) groups excluding carboxylic acids is 2. The summed E-state index contributed by atoms with van der Waals surface area (Å²) in [4.78, 5) is 24.1. The molecule has 0 radical (unpaired) electrons. The Morgan fingerprint density at radius 3 is 2.75 bits per heavy atom. The van der Waals surface area contributed by atoms with Gasteiger partial charge in [-0.15, -0.1) is 10.2 Å². The van der Waals surface area contributed by atoms with Crippen molar-refractivity contribution in [2.24, 2.45) is 11.7 Å². The summed E-state index contributed by atoms with van der Waals surface area (Å²) in [7, 11) is 0. The zero-order valence-electron chi connectivity index (χ0n) is 15.6. The van der Waals surface area contributed by atoms with Crippen LogP contribution in [0.15, 0.2) is 48.5 Å². The number of benzene rings is 2. The van der Waals surface area contributed by atoms with Crippen LogP contribution < -0.4 is 11.1 Å². The van der Waals surface area contributed by atoms with E-state index in [2.05, 4.69) is 21.6 Å². The molecular formula is C21H21N5O2. The summed E-state index contributed by atoms with van der Waals surface area (Å²) in [5.74, 6) is 0.870. The van der Waals surface area contributed by atoms with Gasteiger partial charge in [0.1, 0.15) is 5.82 Å². The number of primary amides is 1. The van der Waals surface area contributed by atoms with Crippen LogP contribution >= 0.6 is 0 Å². The number of fused-ring (bicyclic) bond motifs is 1. The lowest BCUT2D eigenvalue weighted by atomic mass is 9.97. The van der Waals surface area contributed by atoms with Crippen molar-refractivity contribution in [2.75, 3.05) is 5.32 Å². The average molecular weight is 375 g/mol. The summed E-state index contributed by atoms with van der Waals surface area (Å²) in [6, 6.07) is 14.7. The van der Waals surface area contributed by atoms with Crippen molar-refractivity contribution >= 4 is 17.5 Å². The molecule has 3 N–H and O–H groups in total. The minimum Gasteiger partial charge on any atom is -0.366 e. The van der Waals surface area contributed by atoms with Gasteiger partial charge in [0.15, 0.2) is 5.82 Å². The third-order valence-corrected chi connectivity index (χ3v) is 5.01. The maximum Gasteiger partial charge on any atom is 0.248 e. The fourth-order valence-corrected chi connectivity index (χ4v) is 3.53. The summed E-state index contributed by atoms with van der Waals surface area (Å²) in [5.41, 5.74) is 8.38. The fraction of sp³-hybridized carbons (Fsp3) is 0.238. The minimum atomic E-state index is -0.523. The molecule has 1 unspecified atom stereocenters. The summed E-state index contributed by atoms with van der Waals surface area (Å²) < 4.78 is 2.03. The highest BCUT2D eigenvalue weighted by Gasteiger charge is 2.28. The number of nitrogens with two attached hydrogens (primary N) is 1. The number of hydrogen-bond donors (Lipinski definition) is 2. The van der Waals surface area contributed by atoms with Crippen molar-refractivity contribution in [3.8, 4) is 11.4 Å². The van der Waals surface area contributed by atoms with Crippen molar-refractivity contribution in [1.29, 1.82) is 0 Å². The highest BCUT2D eigenvalue weighted by atomic mass is 16.2. The number of carbonyl (C=O) groups is 2. The SMILES string of the molecule is Cc1cccc(-c2nnc3n2CC(C(=O)Nc2cccc(C(N)=O)c2)CC3)c1. The van der Waals surface area contributed by atoms with Crippen LogP contribution in [0, 0.1) is 12.8 Å². The number of anilines is 1. The Hall–Kier alpha value is -3.48. The molecule has 0 saturated heterocycles. The van der Waals surface area contributed by atoms with Crippen molar-refractivity contribution in [2.45, 2.75) is 26.3 Å². The molecule has 2 heterocycles. The van der Waals surface area contributed by atoms with Crippen molar-refractivity contribution in [1.82, 2.24) is 14.8 Å². The molecule has 0 aliphatic carbocycles. The smallest absolute Gasteiger partial charge is 0.248 e. The molecule has 1 aromatic heterocycles. The van der Waals surface area contributed by atoms with Crippen LogP contribution in [0.5, 0.6) is 0 Å². The zero-order chi connectivity index (χ0) is 19.7. The van der Waals surface area contributed by atoms with Gasteiger partial charge >= 0.3 is 0 Å². The lowest BCUT2D eigenvalue weighted by Crippen LogP contribution is -2.31. The Morgan fingerprint density at radius 2 is 1.96 bits per heavy atom. The molecule has 1 atom stereocenters. The lowest BCUT2D eigenvalue weighted by Gasteiger charge is -2.23. The standard InChI is InChI=1S/C21H21N5O2/c1-13-4-2-6-15(10-13)20-25-24-18-9-8-16(12-26(18)20)21(28)23-17-7-3-5-14(11-17)19(22)27/h2-7,10-11,16H,8-9,12H2,1H3,(H2,22,27)(H,23,28). The third-order valence-electron chi connectivity index (χ3n) is 5.01. The molecular weight excluding hydrogens is 354 g/mol. The van der Waals surface area contributed by atoms with Crippen LogP contribution in [-0.4, -0.2) is 26.6 Å². The summed E-state index contributed by atoms with van der Waals surface area (Å²) >= 11 is 0. The first-order valence-corrected chi connectivity index (χ1v) is 9.21. The molecule has 3 aromatic rings. The van der Waals surface area contributed by atoms with Gasteiger partial charge in [0.25, 0.3) is 0 Å². The minimum absolute atomic E-state index is 0.0869. The van der Waals surface area contributed by atoms with Crippen LogP contribution in [0.25, 0.3) is 11.4 Å². The quantitative estimate of drug-likeness (QED) is 0.731. The van der Waals surface area contributed by atoms with Crippen molar-refractivity contribution in [3.63, 3.8) is 0 Å². The topological polar surface area (TPSA) is 103 Å². The van der Waals surface area contributed by atoms with Crippen LogP contribution in [0.4, 0.5) is 5.69 Å². The van der Waals surface area contributed by atoms with E-state index < -0.39 is 5.91 Å². The molecule has 0 saturated carbocycles. The highest BCUT2D eigenvalue weighted by Crippen LogP contribution is 2.27. The summed E-state index contributed by atoms with van der Waals surface area (Å²) in [6.45, 7) is 2.56. The number of aromatic nitrogens is 3. The molecule has 1 aliphatic heterocycles. The van der Waals surface area contributed by atoms with E-state index in [0.29, 0.717) is 30.6 Å². The first kappa shape index (κ1) is 17.9. The van der Waals surface area contributed by atoms with Gasteiger partial charge in [-0.25, -0.2) is 0 Å². The van der Waals surface area contributed by atoms with Gasteiger partial charge in [-0.1, -0.05) is 29.8 Å². The first-order chi connectivity index (χ1) is 13.5. The average Bonchev–Trinajstić information content (AvgIpc) is 3.11. The fourth-order valence-electron chi connectivity index (χ4n) is 3.53. The van der Waals surface area contributed by atoms with Gasteiger partial charge in [0.2, 0.25) is 11.8 Å². The normalized spacial score (nSPS) is 15.7. The highest BCUT2D eigenvalue weighted by molar-refractivity contribution is 5.96. The van der Waals surface area contributed by atoms with Gasteiger partial charge in [0.05, 0.1) is 5.92 Å². The van der Waals surface area contributed by atoms with Gasteiger partial charge < -0.3 is 15.6 Å². The number of nitrogens with zero attached hydrogens (tertiary/aromatic N) is 3. The number of amides is 2. The monoisotopic (exact) mass is 375 g/mol. The number of hydrogen-bond acceptors (Lipinski definition) is 4. The molecule has 7 heteroatoms. The van der Waals surface area contributed by atoms with E-state index in [1.54, 1.807) is 24.3 Å². The van der Waals surface area contributed by atoms with E-state index in [4.69, 9.17) is 5.73 Å². The van der Waals surface area contributed by atoms with Gasteiger partial charge in [-0.2, -0.15) is 0 Å². The molecule has 0 fully saturated rings. The van der Waals surface area contributed by atoms with E-state index in [0.717, 1.165) is 22.8 Å². The summed E-state index contributed by atoms with van der Waals surface area (Å²) in [5, 5.41) is 11.5.